The fourth-order valence-corrected chi connectivity index (χ4v) is 3.19. The summed E-state index contributed by atoms with van der Waals surface area (Å²) in [7, 11) is 0. The van der Waals surface area contributed by atoms with E-state index in [9.17, 15) is 0 Å². The lowest BCUT2D eigenvalue weighted by atomic mass is 9.83. The highest BCUT2D eigenvalue weighted by molar-refractivity contribution is 7.05. The van der Waals surface area contributed by atoms with Crippen LogP contribution in [0, 0.1) is 19.8 Å². The molecular formula is C14H25NS. The van der Waals surface area contributed by atoms with Crippen molar-refractivity contribution < 1.29 is 0 Å². The smallest absolute Gasteiger partial charge is 0.0607 e. The second kappa shape index (κ2) is 6.39. The van der Waals surface area contributed by atoms with Crippen LogP contribution in [0.4, 0.5) is 0 Å². The minimum atomic E-state index is 0.676. The first-order chi connectivity index (χ1) is 7.61. The summed E-state index contributed by atoms with van der Waals surface area (Å²) in [5.74, 6) is 1.44. The highest BCUT2D eigenvalue weighted by Crippen LogP contribution is 2.35. The van der Waals surface area contributed by atoms with E-state index in [4.69, 9.17) is 0 Å². The van der Waals surface area contributed by atoms with Gasteiger partial charge in [0.15, 0.2) is 0 Å². The van der Waals surface area contributed by atoms with Crippen molar-refractivity contribution in [2.75, 3.05) is 0 Å². The molecule has 0 spiro atoms. The Morgan fingerprint density at radius 2 is 1.75 bits per heavy atom. The van der Waals surface area contributed by atoms with Gasteiger partial charge in [-0.2, -0.15) is 4.37 Å². The Kier molecular flexibility index (Phi) is 5.47. The lowest BCUT2D eigenvalue weighted by Gasteiger charge is -2.22. The quantitative estimate of drug-likeness (QED) is 0.674. The summed E-state index contributed by atoms with van der Waals surface area (Å²) in [4.78, 5) is 1.39. The SMILES string of the molecule is CCCC(C)C(CCC)c1nsc(C)c1C. The van der Waals surface area contributed by atoms with Gasteiger partial charge >= 0.3 is 0 Å². The van der Waals surface area contributed by atoms with Crippen LogP contribution in [0.25, 0.3) is 0 Å². The van der Waals surface area contributed by atoms with Crippen LogP contribution in [0.1, 0.15) is 68.5 Å². The zero-order chi connectivity index (χ0) is 12.1. The minimum Gasteiger partial charge on any atom is -0.197 e. The zero-order valence-electron chi connectivity index (χ0n) is 11.3. The molecule has 0 amide bonds. The van der Waals surface area contributed by atoms with E-state index in [-0.39, 0.29) is 0 Å². The fraction of sp³-hybridized carbons (Fsp3) is 0.786. The molecule has 16 heavy (non-hydrogen) atoms. The molecule has 0 aromatic carbocycles. The molecule has 0 aliphatic heterocycles. The molecule has 1 aromatic rings. The number of hydrogen-bond donors (Lipinski definition) is 0. The normalized spacial score (nSPS) is 15.1. The monoisotopic (exact) mass is 239 g/mol. The number of rotatable bonds is 6. The van der Waals surface area contributed by atoms with Gasteiger partial charge in [0.2, 0.25) is 0 Å². The Balaban J connectivity index is 2.88. The van der Waals surface area contributed by atoms with Gasteiger partial charge in [0, 0.05) is 10.8 Å². The largest absolute Gasteiger partial charge is 0.197 e. The molecule has 0 aliphatic rings. The van der Waals surface area contributed by atoms with E-state index in [1.165, 1.54) is 41.8 Å². The Morgan fingerprint density at radius 3 is 2.19 bits per heavy atom. The molecule has 0 bridgehead atoms. The third-order valence-electron chi connectivity index (χ3n) is 3.58. The number of hydrogen-bond acceptors (Lipinski definition) is 2. The molecule has 92 valence electrons. The predicted molar refractivity (Wildman–Crippen MR) is 73.3 cm³/mol. The third-order valence-corrected chi connectivity index (χ3v) is 4.44. The standard InChI is InChI=1S/C14H25NS/c1-6-8-10(3)13(9-7-2)14-11(4)12(5)16-15-14/h10,13H,6-9H2,1-5H3. The van der Waals surface area contributed by atoms with Crippen LogP contribution in [0.5, 0.6) is 0 Å². The van der Waals surface area contributed by atoms with Crippen LogP contribution >= 0.6 is 11.5 Å². The van der Waals surface area contributed by atoms with Crippen molar-refractivity contribution in [2.24, 2.45) is 5.92 Å². The van der Waals surface area contributed by atoms with Crippen molar-refractivity contribution >= 4 is 11.5 Å². The summed E-state index contributed by atoms with van der Waals surface area (Å²) in [6.45, 7) is 11.4. The first kappa shape index (κ1) is 13.7. The topological polar surface area (TPSA) is 12.9 Å². The fourth-order valence-electron chi connectivity index (χ4n) is 2.44. The Labute approximate surface area is 104 Å². The lowest BCUT2D eigenvalue weighted by molar-refractivity contribution is 0.395. The van der Waals surface area contributed by atoms with E-state index >= 15 is 0 Å². The first-order valence-corrected chi connectivity index (χ1v) is 7.31. The van der Waals surface area contributed by atoms with Crippen molar-refractivity contribution in [2.45, 2.75) is 66.2 Å². The molecule has 1 heterocycles. The van der Waals surface area contributed by atoms with E-state index < -0.39 is 0 Å². The lowest BCUT2D eigenvalue weighted by Crippen LogP contribution is -2.11. The maximum atomic E-state index is 4.68. The summed E-state index contributed by atoms with van der Waals surface area (Å²) in [5.41, 5.74) is 2.82. The number of aryl methyl sites for hydroxylation is 1. The highest BCUT2D eigenvalue weighted by Gasteiger charge is 2.22. The number of aromatic nitrogens is 1. The van der Waals surface area contributed by atoms with E-state index in [0.717, 1.165) is 5.92 Å². The van der Waals surface area contributed by atoms with Crippen molar-refractivity contribution in [3.05, 3.63) is 16.1 Å². The molecule has 0 aliphatic carbocycles. The van der Waals surface area contributed by atoms with Crippen LogP contribution in [-0.2, 0) is 0 Å². The van der Waals surface area contributed by atoms with Gasteiger partial charge in [0.1, 0.15) is 0 Å². The van der Waals surface area contributed by atoms with Crippen LogP contribution in [0.2, 0.25) is 0 Å². The van der Waals surface area contributed by atoms with E-state index in [1.54, 1.807) is 11.5 Å². The molecule has 2 atom stereocenters. The molecule has 1 aromatic heterocycles. The van der Waals surface area contributed by atoms with Gasteiger partial charge in [-0.15, -0.1) is 0 Å². The maximum Gasteiger partial charge on any atom is 0.0607 e. The molecule has 0 fully saturated rings. The van der Waals surface area contributed by atoms with E-state index in [2.05, 4.69) is 39.0 Å². The molecule has 2 unspecified atom stereocenters. The van der Waals surface area contributed by atoms with Gasteiger partial charge in [-0.25, -0.2) is 0 Å². The molecule has 1 rings (SSSR count). The average Bonchev–Trinajstić information content (AvgIpc) is 2.57. The van der Waals surface area contributed by atoms with Crippen molar-refractivity contribution in [1.82, 2.24) is 4.37 Å². The molecule has 0 radical (unpaired) electrons. The van der Waals surface area contributed by atoms with Gasteiger partial charge in [-0.05, 0) is 43.3 Å². The van der Waals surface area contributed by atoms with Crippen LogP contribution in [0.15, 0.2) is 0 Å². The second-order valence-electron chi connectivity index (χ2n) is 4.91. The summed E-state index contributed by atoms with van der Waals surface area (Å²) in [6, 6.07) is 0. The van der Waals surface area contributed by atoms with Gasteiger partial charge in [-0.3, -0.25) is 0 Å². The molecule has 2 heteroatoms. The Bertz CT molecular complexity index is 317. The highest BCUT2D eigenvalue weighted by atomic mass is 32.1. The summed E-state index contributed by atoms with van der Waals surface area (Å²) in [5, 5.41) is 0. The van der Waals surface area contributed by atoms with E-state index in [1.807, 2.05) is 0 Å². The first-order valence-electron chi connectivity index (χ1n) is 6.54. The molecule has 1 nitrogen and oxygen atoms in total. The van der Waals surface area contributed by atoms with Crippen LogP contribution < -0.4 is 0 Å². The summed E-state index contributed by atoms with van der Waals surface area (Å²) < 4.78 is 4.68. The van der Waals surface area contributed by atoms with Crippen molar-refractivity contribution in [3.8, 4) is 0 Å². The number of nitrogens with zero attached hydrogens (tertiary/aromatic N) is 1. The van der Waals surface area contributed by atoms with Crippen LogP contribution in [0.3, 0.4) is 0 Å². The Hall–Kier alpha value is -0.370. The van der Waals surface area contributed by atoms with Gasteiger partial charge < -0.3 is 0 Å². The van der Waals surface area contributed by atoms with E-state index in [0.29, 0.717) is 5.92 Å². The van der Waals surface area contributed by atoms with Crippen molar-refractivity contribution in [3.63, 3.8) is 0 Å². The van der Waals surface area contributed by atoms with Gasteiger partial charge in [0.05, 0.1) is 5.69 Å². The molecule has 0 N–H and O–H groups in total. The zero-order valence-corrected chi connectivity index (χ0v) is 12.2. The second-order valence-corrected chi connectivity index (χ2v) is 5.89. The average molecular weight is 239 g/mol. The van der Waals surface area contributed by atoms with Crippen LogP contribution in [-0.4, -0.2) is 4.37 Å². The molecular weight excluding hydrogens is 214 g/mol. The van der Waals surface area contributed by atoms with Crippen molar-refractivity contribution in [1.29, 1.82) is 0 Å². The third kappa shape index (κ3) is 3.07. The maximum absolute atomic E-state index is 4.68. The molecule has 0 saturated carbocycles. The molecule has 0 saturated heterocycles. The predicted octanol–water partition coefficient (Wildman–Crippen LogP) is 5.08. The van der Waals surface area contributed by atoms with Gasteiger partial charge in [0.25, 0.3) is 0 Å². The summed E-state index contributed by atoms with van der Waals surface area (Å²) in [6.07, 6.45) is 5.14. The Morgan fingerprint density at radius 1 is 1.12 bits per heavy atom. The summed E-state index contributed by atoms with van der Waals surface area (Å²) >= 11 is 1.67. The van der Waals surface area contributed by atoms with Gasteiger partial charge in [-0.1, -0.05) is 40.0 Å². The minimum absolute atomic E-state index is 0.676.